The van der Waals surface area contributed by atoms with Gasteiger partial charge in [0.15, 0.2) is 0 Å². The molecule has 0 N–H and O–H groups in total. The molecule has 0 atom stereocenters. The quantitative estimate of drug-likeness (QED) is 0.523. The molecule has 0 aromatic heterocycles. The lowest BCUT2D eigenvalue weighted by molar-refractivity contribution is 0.835. The molecule has 0 nitrogen and oxygen atoms in total. The van der Waals surface area contributed by atoms with Crippen molar-refractivity contribution in [2.24, 2.45) is 0 Å². The predicted molar refractivity (Wildman–Crippen MR) is 70.7 cm³/mol. The highest BCUT2D eigenvalue weighted by Gasteiger charge is 2.20. The minimum Gasteiger partial charge on any atom is -0.115 e. The van der Waals surface area contributed by atoms with E-state index in [0.717, 1.165) is 0 Å². The number of hydrogen-bond donors (Lipinski definition) is 0. The van der Waals surface area contributed by atoms with Gasteiger partial charge in [0, 0.05) is 9.64 Å². The summed E-state index contributed by atoms with van der Waals surface area (Å²) in [6.07, 6.45) is 0. The average molecular weight is 220 g/mol. The first-order valence-corrected chi connectivity index (χ1v) is 6.07. The zero-order valence-corrected chi connectivity index (χ0v) is 11.2. The molecule has 82 valence electrons. The molecule has 0 heterocycles. The molecule has 0 aliphatic carbocycles. The van der Waals surface area contributed by atoms with Gasteiger partial charge < -0.3 is 0 Å². The largest absolute Gasteiger partial charge is 0.115 e. The molecule has 0 amide bonds. The molecule has 0 radical (unpaired) electrons. The van der Waals surface area contributed by atoms with E-state index in [1.54, 1.807) is 0 Å². The van der Waals surface area contributed by atoms with Crippen LogP contribution in [-0.4, -0.2) is 4.75 Å². The highest BCUT2D eigenvalue weighted by molar-refractivity contribution is 8.00. The van der Waals surface area contributed by atoms with Gasteiger partial charge >= 0.3 is 0 Å². The van der Waals surface area contributed by atoms with Crippen LogP contribution >= 0.6 is 11.8 Å². The average Bonchev–Trinajstić information content (AvgIpc) is 2.10. The molecule has 0 spiro atoms. The van der Waals surface area contributed by atoms with Crippen molar-refractivity contribution in [1.82, 2.24) is 0 Å². The fourth-order valence-electron chi connectivity index (χ4n) is 1.18. The predicted octanol–water partition coefficient (Wildman–Crippen LogP) is 4.75. The van der Waals surface area contributed by atoms with Gasteiger partial charge in [-0.2, -0.15) is 0 Å². The fraction of sp³-hybridized carbons (Fsp3) is 0.429. The third-order valence-electron chi connectivity index (χ3n) is 2.74. The SMILES string of the molecule is C=C(C)C(C)(C)Sc1cc(C)ccc1C. The van der Waals surface area contributed by atoms with E-state index in [0.29, 0.717) is 0 Å². The van der Waals surface area contributed by atoms with Gasteiger partial charge in [-0.25, -0.2) is 0 Å². The van der Waals surface area contributed by atoms with Crippen LogP contribution in [0, 0.1) is 13.8 Å². The Morgan fingerprint density at radius 3 is 2.40 bits per heavy atom. The Morgan fingerprint density at radius 1 is 1.27 bits per heavy atom. The van der Waals surface area contributed by atoms with Gasteiger partial charge in [0.25, 0.3) is 0 Å². The highest BCUT2D eigenvalue weighted by atomic mass is 32.2. The van der Waals surface area contributed by atoms with E-state index in [1.807, 2.05) is 11.8 Å². The Kier molecular flexibility index (Phi) is 3.67. The number of hydrogen-bond acceptors (Lipinski definition) is 1. The molecule has 0 saturated heterocycles. The highest BCUT2D eigenvalue weighted by Crippen LogP contribution is 2.38. The van der Waals surface area contributed by atoms with E-state index in [4.69, 9.17) is 0 Å². The van der Waals surface area contributed by atoms with Crippen molar-refractivity contribution in [2.45, 2.75) is 44.3 Å². The second-order valence-electron chi connectivity index (χ2n) is 4.66. The van der Waals surface area contributed by atoms with Crippen LogP contribution in [0.5, 0.6) is 0 Å². The summed E-state index contributed by atoms with van der Waals surface area (Å²) in [7, 11) is 0. The van der Waals surface area contributed by atoms with E-state index in [1.165, 1.54) is 21.6 Å². The third kappa shape index (κ3) is 3.13. The number of benzene rings is 1. The smallest absolute Gasteiger partial charge is 0.0353 e. The molecular weight excluding hydrogens is 200 g/mol. The van der Waals surface area contributed by atoms with Crippen molar-refractivity contribution in [3.05, 3.63) is 41.5 Å². The molecular formula is C14H20S. The van der Waals surface area contributed by atoms with E-state index < -0.39 is 0 Å². The first kappa shape index (κ1) is 12.4. The van der Waals surface area contributed by atoms with Crippen molar-refractivity contribution in [3.8, 4) is 0 Å². The van der Waals surface area contributed by atoms with E-state index in [-0.39, 0.29) is 4.75 Å². The monoisotopic (exact) mass is 220 g/mol. The van der Waals surface area contributed by atoms with Crippen molar-refractivity contribution in [2.75, 3.05) is 0 Å². The molecule has 1 aromatic carbocycles. The van der Waals surface area contributed by atoms with Crippen molar-refractivity contribution in [1.29, 1.82) is 0 Å². The summed E-state index contributed by atoms with van der Waals surface area (Å²) in [6.45, 7) is 14.9. The Balaban J connectivity index is 2.99. The maximum Gasteiger partial charge on any atom is 0.0353 e. The molecule has 0 aliphatic heterocycles. The van der Waals surface area contributed by atoms with Gasteiger partial charge in [-0.1, -0.05) is 29.8 Å². The van der Waals surface area contributed by atoms with Gasteiger partial charge in [-0.15, -0.1) is 11.8 Å². The minimum atomic E-state index is 0.110. The summed E-state index contributed by atoms with van der Waals surface area (Å²) in [5.74, 6) is 0. The molecule has 0 fully saturated rings. The van der Waals surface area contributed by atoms with Gasteiger partial charge in [0.1, 0.15) is 0 Å². The molecule has 0 saturated carbocycles. The van der Waals surface area contributed by atoms with E-state index in [2.05, 4.69) is 59.4 Å². The summed E-state index contributed by atoms with van der Waals surface area (Å²) >= 11 is 1.90. The van der Waals surface area contributed by atoms with Crippen molar-refractivity contribution in [3.63, 3.8) is 0 Å². The van der Waals surface area contributed by atoms with Crippen LogP contribution < -0.4 is 0 Å². The van der Waals surface area contributed by atoms with Crippen molar-refractivity contribution >= 4 is 11.8 Å². The summed E-state index contributed by atoms with van der Waals surface area (Å²) in [5, 5.41) is 0. The number of aryl methyl sites for hydroxylation is 2. The molecule has 0 bridgehead atoms. The maximum absolute atomic E-state index is 4.05. The zero-order chi connectivity index (χ0) is 11.6. The van der Waals surface area contributed by atoms with Crippen LogP contribution in [0.1, 0.15) is 31.9 Å². The van der Waals surface area contributed by atoms with E-state index >= 15 is 0 Å². The summed E-state index contributed by atoms with van der Waals surface area (Å²) in [4.78, 5) is 1.36. The molecule has 0 unspecified atom stereocenters. The molecule has 0 aliphatic rings. The maximum atomic E-state index is 4.05. The second-order valence-corrected chi connectivity index (χ2v) is 6.33. The molecule has 15 heavy (non-hydrogen) atoms. The lowest BCUT2D eigenvalue weighted by Gasteiger charge is -2.25. The Hall–Kier alpha value is -0.690. The van der Waals surface area contributed by atoms with Gasteiger partial charge in [0.05, 0.1) is 0 Å². The Labute approximate surface area is 97.8 Å². The summed E-state index contributed by atoms with van der Waals surface area (Å²) in [6, 6.07) is 6.60. The van der Waals surface area contributed by atoms with Crippen LogP contribution in [0.2, 0.25) is 0 Å². The van der Waals surface area contributed by atoms with Gasteiger partial charge in [-0.3, -0.25) is 0 Å². The molecule has 1 heteroatoms. The van der Waals surface area contributed by atoms with E-state index in [9.17, 15) is 0 Å². The Bertz CT molecular complexity index is 375. The topological polar surface area (TPSA) is 0 Å². The van der Waals surface area contributed by atoms with Crippen LogP contribution in [0.3, 0.4) is 0 Å². The van der Waals surface area contributed by atoms with Crippen LogP contribution in [0.15, 0.2) is 35.2 Å². The van der Waals surface area contributed by atoms with Crippen LogP contribution in [-0.2, 0) is 0 Å². The standard InChI is InChI=1S/C14H20S/c1-10(2)14(5,6)15-13-9-11(3)7-8-12(13)4/h7-9H,1H2,2-6H3. The first-order chi connectivity index (χ1) is 6.83. The minimum absolute atomic E-state index is 0.110. The van der Waals surface area contributed by atoms with Crippen LogP contribution in [0.25, 0.3) is 0 Å². The third-order valence-corrected chi connectivity index (χ3v) is 4.26. The number of rotatable bonds is 3. The Morgan fingerprint density at radius 2 is 1.87 bits per heavy atom. The number of thioether (sulfide) groups is 1. The zero-order valence-electron chi connectivity index (χ0n) is 10.3. The normalized spacial score (nSPS) is 11.5. The van der Waals surface area contributed by atoms with Gasteiger partial charge in [-0.05, 0) is 46.2 Å². The van der Waals surface area contributed by atoms with Crippen molar-refractivity contribution < 1.29 is 0 Å². The molecule has 1 rings (SSSR count). The molecule has 1 aromatic rings. The van der Waals surface area contributed by atoms with Crippen LogP contribution in [0.4, 0.5) is 0 Å². The lowest BCUT2D eigenvalue weighted by atomic mass is 10.1. The van der Waals surface area contributed by atoms with Gasteiger partial charge in [0.2, 0.25) is 0 Å². The summed E-state index contributed by atoms with van der Waals surface area (Å²) in [5.41, 5.74) is 3.88. The fourth-order valence-corrected chi connectivity index (χ4v) is 2.38. The summed E-state index contributed by atoms with van der Waals surface area (Å²) < 4.78 is 0.110. The first-order valence-electron chi connectivity index (χ1n) is 5.25. The second kappa shape index (κ2) is 4.44. The lowest BCUT2D eigenvalue weighted by Crippen LogP contribution is -2.15.